The van der Waals surface area contributed by atoms with E-state index >= 15 is 0 Å². The van der Waals surface area contributed by atoms with Crippen LogP contribution in [0.5, 0.6) is 0 Å². The molecule has 0 rings (SSSR count). The molecule has 0 aromatic heterocycles. The van der Waals surface area contributed by atoms with E-state index < -0.39 is 6.29 Å². The van der Waals surface area contributed by atoms with E-state index in [0.717, 1.165) is 19.4 Å². The lowest BCUT2D eigenvalue weighted by Crippen LogP contribution is -2.13. The molecule has 0 saturated heterocycles. The van der Waals surface area contributed by atoms with Crippen molar-refractivity contribution in [3.05, 3.63) is 0 Å². The summed E-state index contributed by atoms with van der Waals surface area (Å²) in [6, 6.07) is 0. The van der Waals surface area contributed by atoms with Gasteiger partial charge in [0.25, 0.3) is 0 Å². The molecule has 0 heterocycles. The summed E-state index contributed by atoms with van der Waals surface area (Å²) < 4.78 is 15.4. The molecule has 4 heteroatoms. The molecule has 0 aliphatic heterocycles. The molecule has 4 nitrogen and oxygen atoms in total. The zero-order chi connectivity index (χ0) is 10.6. The molecule has 0 bridgehead atoms. The summed E-state index contributed by atoms with van der Waals surface area (Å²) in [6.45, 7) is 6.67. The van der Waals surface area contributed by atoms with Gasteiger partial charge in [-0.2, -0.15) is 0 Å². The first kappa shape index (κ1) is 13.8. The van der Waals surface area contributed by atoms with Gasteiger partial charge in [-0.25, -0.2) is 0 Å². The van der Waals surface area contributed by atoms with Crippen molar-refractivity contribution in [2.45, 2.75) is 33.0 Å². The van der Waals surface area contributed by atoms with Gasteiger partial charge in [-0.1, -0.05) is 13.3 Å². The highest BCUT2D eigenvalue weighted by Gasteiger charge is 1.94. The van der Waals surface area contributed by atoms with Crippen LogP contribution in [0.1, 0.15) is 26.7 Å². The molecule has 0 aliphatic carbocycles. The van der Waals surface area contributed by atoms with Crippen molar-refractivity contribution in [2.24, 2.45) is 0 Å². The maximum absolute atomic E-state index is 8.75. The second-order valence-corrected chi connectivity index (χ2v) is 3.05. The fraction of sp³-hybridized carbons (Fsp3) is 1.00. The number of rotatable bonds is 10. The van der Waals surface area contributed by atoms with Crippen LogP contribution in [0, 0.1) is 0 Å². The summed E-state index contributed by atoms with van der Waals surface area (Å²) in [7, 11) is 0. The van der Waals surface area contributed by atoms with E-state index in [1.165, 1.54) is 0 Å². The summed E-state index contributed by atoms with van der Waals surface area (Å²) in [6.07, 6.45) is 1.55. The second kappa shape index (κ2) is 10.9. The van der Waals surface area contributed by atoms with E-state index in [0.29, 0.717) is 26.4 Å². The van der Waals surface area contributed by atoms with Crippen LogP contribution in [-0.4, -0.2) is 44.4 Å². The predicted molar refractivity (Wildman–Crippen MR) is 54.2 cm³/mol. The van der Waals surface area contributed by atoms with E-state index in [1.807, 2.05) is 0 Å². The van der Waals surface area contributed by atoms with Crippen molar-refractivity contribution in [2.75, 3.05) is 33.0 Å². The van der Waals surface area contributed by atoms with Crippen molar-refractivity contribution < 1.29 is 19.3 Å². The van der Waals surface area contributed by atoms with Gasteiger partial charge >= 0.3 is 0 Å². The fourth-order valence-corrected chi connectivity index (χ4v) is 0.846. The Balaban J connectivity index is 2.85. The van der Waals surface area contributed by atoms with Gasteiger partial charge in [0.15, 0.2) is 6.29 Å². The third-order valence-corrected chi connectivity index (χ3v) is 1.60. The maximum atomic E-state index is 8.75. The number of aliphatic hydroxyl groups is 1. The summed E-state index contributed by atoms with van der Waals surface area (Å²) in [4.78, 5) is 0. The normalized spacial score (nSPS) is 13.1. The van der Waals surface area contributed by atoms with Crippen LogP contribution in [0.25, 0.3) is 0 Å². The van der Waals surface area contributed by atoms with Crippen LogP contribution in [-0.2, 0) is 14.2 Å². The molecule has 1 unspecified atom stereocenters. The van der Waals surface area contributed by atoms with Crippen LogP contribution < -0.4 is 0 Å². The van der Waals surface area contributed by atoms with Crippen LogP contribution in [0.2, 0.25) is 0 Å². The predicted octanol–water partition coefficient (Wildman–Crippen LogP) is 1.17. The topological polar surface area (TPSA) is 47.9 Å². The summed E-state index contributed by atoms with van der Waals surface area (Å²) in [5, 5.41) is 8.75. The summed E-state index contributed by atoms with van der Waals surface area (Å²) in [5.41, 5.74) is 0. The molecule has 1 atom stereocenters. The van der Waals surface area contributed by atoms with E-state index in [1.54, 1.807) is 6.92 Å². The number of unbranched alkanes of at least 4 members (excludes halogenated alkanes) is 1. The Morgan fingerprint density at radius 2 is 1.57 bits per heavy atom. The Hall–Kier alpha value is -0.160. The summed E-state index contributed by atoms with van der Waals surface area (Å²) in [5.74, 6) is 0. The van der Waals surface area contributed by atoms with Gasteiger partial charge in [0, 0.05) is 6.61 Å². The molecule has 0 fully saturated rings. The van der Waals surface area contributed by atoms with Crippen LogP contribution in [0.3, 0.4) is 0 Å². The number of aliphatic hydroxyl groups excluding tert-OH is 1. The lowest BCUT2D eigenvalue weighted by molar-refractivity contribution is -0.101. The van der Waals surface area contributed by atoms with Crippen molar-refractivity contribution >= 4 is 0 Å². The number of ether oxygens (including phenoxy) is 3. The lowest BCUT2D eigenvalue weighted by atomic mass is 10.4. The highest BCUT2D eigenvalue weighted by atomic mass is 16.6. The molecule has 0 aromatic carbocycles. The maximum Gasteiger partial charge on any atom is 0.151 e. The Morgan fingerprint density at radius 1 is 1.00 bits per heavy atom. The molecular formula is C10H22O4. The van der Waals surface area contributed by atoms with Gasteiger partial charge in [-0.15, -0.1) is 0 Å². The Bertz CT molecular complexity index is 106. The first-order valence-corrected chi connectivity index (χ1v) is 5.22. The highest BCUT2D eigenvalue weighted by molar-refractivity contribution is 4.35. The lowest BCUT2D eigenvalue weighted by Gasteiger charge is -2.07. The van der Waals surface area contributed by atoms with Crippen LogP contribution >= 0.6 is 0 Å². The molecule has 0 spiro atoms. The van der Waals surface area contributed by atoms with Gasteiger partial charge in [-0.05, 0) is 13.3 Å². The quantitative estimate of drug-likeness (QED) is 0.430. The molecule has 1 N–H and O–H groups in total. The van der Waals surface area contributed by atoms with E-state index in [2.05, 4.69) is 6.92 Å². The van der Waals surface area contributed by atoms with Gasteiger partial charge in [0.2, 0.25) is 0 Å². The average Bonchev–Trinajstić information content (AvgIpc) is 2.15. The Morgan fingerprint density at radius 3 is 2.14 bits per heavy atom. The van der Waals surface area contributed by atoms with Crippen molar-refractivity contribution in [3.63, 3.8) is 0 Å². The highest BCUT2D eigenvalue weighted by Crippen LogP contribution is 1.88. The molecule has 0 aromatic rings. The third kappa shape index (κ3) is 11.8. The van der Waals surface area contributed by atoms with Gasteiger partial charge < -0.3 is 19.3 Å². The van der Waals surface area contributed by atoms with E-state index in [9.17, 15) is 0 Å². The number of hydrogen-bond donors (Lipinski definition) is 1. The average molecular weight is 206 g/mol. The zero-order valence-electron chi connectivity index (χ0n) is 9.20. The Kier molecular flexibility index (Phi) is 10.8. The first-order chi connectivity index (χ1) is 6.77. The first-order valence-electron chi connectivity index (χ1n) is 5.22. The number of hydrogen-bond acceptors (Lipinski definition) is 4. The van der Waals surface area contributed by atoms with Gasteiger partial charge in [-0.3, -0.25) is 0 Å². The molecule has 14 heavy (non-hydrogen) atoms. The largest absolute Gasteiger partial charge is 0.379 e. The minimum Gasteiger partial charge on any atom is -0.379 e. The van der Waals surface area contributed by atoms with E-state index in [-0.39, 0.29) is 0 Å². The van der Waals surface area contributed by atoms with Gasteiger partial charge in [0.05, 0.1) is 26.4 Å². The summed E-state index contributed by atoms with van der Waals surface area (Å²) >= 11 is 0. The standard InChI is InChI=1S/C10H22O4/c1-3-4-5-12-6-7-13-8-9-14-10(2)11/h10-11H,3-9H2,1-2H3. The molecule has 0 amide bonds. The molecule has 0 saturated carbocycles. The van der Waals surface area contributed by atoms with Gasteiger partial charge in [0.1, 0.15) is 0 Å². The molecular weight excluding hydrogens is 184 g/mol. The van der Waals surface area contributed by atoms with Crippen molar-refractivity contribution in [1.82, 2.24) is 0 Å². The zero-order valence-corrected chi connectivity index (χ0v) is 9.20. The minimum absolute atomic E-state index is 0.423. The fourth-order valence-electron chi connectivity index (χ4n) is 0.846. The Labute approximate surface area is 86.2 Å². The SMILES string of the molecule is CCCCOCCOCCOC(C)O. The van der Waals surface area contributed by atoms with E-state index in [4.69, 9.17) is 19.3 Å². The molecule has 0 radical (unpaired) electrons. The monoisotopic (exact) mass is 206 g/mol. The third-order valence-electron chi connectivity index (χ3n) is 1.60. The van der Waals surface area contributed by atoms with Crippen LogP contribution in [0.4, 0.5) is 0 Å². The van der Waals surface area contributed by atoms with Crippen molar-refractivity contribution in [3.8, 4) is 0 Å². The van der Waals surface area contributed by atoms with Crippen LogP contribution in [0.15, 0.2) is 0 Å². The minimum atomic E-state index is -0.709. The second-order valence-electron chi connectivity index (χ2n) is 3.05. The smallest absolute Gasteiger partial charge is 0.151 e. The van der Waals surface area contributed by atoms with Crippen molar-refractivity contribution in [1.29, 1.82) is 0 Å². The molecule has 86 valence electrons. The molecule has 0 aliphatic rings.